The van der Waals surface area contributed by atoms with Gasteiger partial charge >= 0.3 is 0 Å². The topological polar surface area (TPSA) is 86.1 Å². The predicted octanol–water partition coefficient (Wildman–Crippen LogP) is 1.58. The molecule has 2 unspecified atom stereocenters. The van der Waals surface area contributed by atoms with Crippen LogP contribution in [0.15, 0.2) is 22.8 Å². The molecule has 0 bridgehead atoms. The van der Waals surface area contributed by atoms with Gasteiger partial charge in [-0.25, -0.2) is 0 Å². The second-order valence-electron chi connectivity index (χ2n) is 8.60. The SMILES string of the molecule is CC(C)C(NC(=O)c1ccco1)C(=O)N1CCN(C(C)C(=O)N2CCCCC2)CC1. The zero-order valence-electron chi connectivity index (χ0n) is 18.3. The van der Waals surface area contributed by atoms with Crippen LogP contribution in [0.25, 0.3) is 0 Å². The van der Waals surface area contributed by atoms with Gasteiger partial charge in [0.25, 0.3) is 5.91 Å². The van der Waals surface area contributed by atoms with E-state index in [0.29, 0.717) is 26.2 Å². The molecule has 2 aliphatic heterocycles. The van der Waals surface area contributed by atoms with Crippen molar-refractivity contribution in [3.8, 4) is 0 Å². The van der Waals surface area contributed by atoms with E-state index in [4.69, 9.17) is 4.42 Å². The van der Waals surface area contributed by atoms with Gasteiger partial charge in [-0.1, -0.05) is 13.8 Å². The molecule has 3 amide bonds. The molecular weight excluding hydrogens is 384 g/mol. The van der Waals surface area contributed by atoms with E-state index in [1.54, 1.807) is 17.0 Å². The van der Waals surface area contributed by atoms with Gasteiger partial charge in [-0.05, 0) is 44.2 Å². The minimum atomic E-state index is -0.610. The van der Waals surface area contributed by atoms with E-state index in [-0.39, 0.29) is 35.4 Å². The Labute approximate surface area is 178 Å². The van der Waals surface area contributed by atoms with E-state index >= 15 is 0 Å². The Bertz CT molecular complexity index is 720. The number of rotatable bonds is 6. The molecule has 3 rings (SSSR count). The van der Waals surface area contributed by atoms with Gasteiger partial charge in [-0.2, -0.15) is 0 Å². The first kappa shape index (κ1) is 22.3. The first-order valence-electron chi connectivity index (χ1n) is 11.0. The lowest BCUT2D eigenvalue weighted by Crippen LogP contribution is -2.59. The Morgan fingerprint density at radius 1 is 0.900 bits per heavy atom. The Kier molecular flexibility index (Phi) is 7.53. The lowest BCUT2D eigenvalue weighted by atomic mass is 10.0. The maximum Gasteiger partial charge on any atom is 0.287 e. The van der Waals surface area contributed by atoms with Crippen LogP contribution in [0.1, 0.15) is 50.6 Å². The maximum atomic E-state index is 13.1. The van der Waals surface area contributed by atoms with Crippen LogP contribution < -0.4 is 5.32 Å². The van der Waals surface area contributed by atoms with Crippen molar-refractivity contribution in [1.29, 1.82) is 0 Å². The van der Waals surface area contributed by atoms with Crippen LogP contribution in [0.2, 0.25) is 0 Å². The highest BCUT2D eigenvalue weighted by molar-refractivity contribution is 5.95. The van der Waals surface area contributed by atoms with Gasteiger partial charge in [0.15, 0.2) is 5.76 Å². The summed E-state index contributed by atoms with van der Waals surface area (Å²) in [4.78, 5) is 44.2. The number of hydrogen-bond donors (Lipinski definition) is 1. The molecule has 2 atom stereocenters. The smallest absolute Gasteiger partial charge is 0.287 e. The first-order valence-corrected chi connectivity index (χ1v) is 11.0. The molecule has 0 spiro atoms. The van der Waals surface area contributed by atoms with Gasteiger partial charge in [0.1, 0.15) is 6.04 Å². The summed E-state index contributed by atoms with van der Waals surface area (Å²) >= 11 is 0. The summed E-state index contributed by atoms with van der Waals surface area (Å²) < 4.78 is 5.13. The van der Waals surface area contributed by atoms with E-state index in [2.05, 4.69) is 10.2 Å². The predicted molar refractivity (Wildman–Crippen MR) is 113 cm³/mol. The summed E-state index contributed by atoms with van der Waals surface area (Å²) in [6.45, 7) is 9.93. The number of nitrogens with one attached hydrogen (secondary N) is 1. The van der Waals surface area contributed by atoms with Gasteiger partial charge in [-0.15, -0.1) is 0 Å². The second kappa shape index (κ2) is 10.1. The summed E-state index contributed by atoms with van der Waals surface area (Å²) in [6, 6.07) is 2.45. The Balaban J connectivity index is 1.54. The number of amides is 3. The fraction of sp³-hybridized carbons (Fsp3) is 0.682. The third-order valence-corrected chi connectivity index (χ3v) is 6.16. The van der Waals surface area contributed by atoms with Crippen LogP contribution in [0, 0.1) is 5.92 Å². The van der Waals surface area contributed by atoms with E-state index in [1.807, 2.05) is 25.7 Å². The molecule has 0 aromatic carbocycles. The minimum Gasteiger partial charge on any atom is -0.459 e. The number of piperidine rings is 1. The molecule has 0 aliphatic carbocycles. The van der Waals surface area contributed by atoms with Crippen LogP contribution in [-0.2, 0) is 9.59 Å². The van der Waals surface area contributed by atoms with Crippen LogP contribution >= 0.6 is 0 Å². The maximum absolute atomic E-state index is 13.1. The van der Waals surface area contributed by atoms with Crippen molar-refractivity contribution in [3.05, 3.63) is 24.2 Å². The molecule has 1 N–H and O–H groups in total. The first-order chi connectivity index (χ1) is 14.4. The summed E-state index contributed by atoms with van der Waals surface area (Å²) in [5.74, 6) is -0.122. The number of carbonyl (C=O) groups excluding carboxylic acids is 3. The molecule has 166 valence electrons. The highest BCUT2D eigenvalue weighted by Gasteiger charge is 2.34. The third-order valence-electron chi connectivity index (χ3n) is 6.16. The molecule has 0 saturated carbocycles. The molecule has 0 radical (unpaired) electrons. The Hall–Kier alpha value is -2.35. The van der Waals surface area contributed by atoms with Gasteiger partial charge < -0.3 is 19.5 Å². The number of piperazine rings is 1. The monoisotopic (exact) mass is 418 g/mol. The summed E-state index contributed by atoms with van der Waals surface area (Å²) in [7, 11) is 0. The van der Waals surface area contributed by atoms with Crippen LogP contribution in [0.5, 0.6) is 0 Å². The summed E-state index contributed by atoms with van der Waals surface area (Å²) in [5.41, 5.74) is 0. The minimum absolute atomic E-state index is 0.0472. The molecular formula is C22H34N4O4. The average Bonchev–Trinajstić information content (AvgIpc) is 3.31. The number of hydrogen-bond acceptors (Lipinski definition) is 5. The largest absolute Gasteiger partial charge is 0.459 e. The second-order valence-corrected chi connectivity index (χ2v) is 8.60. The standard InChI is InChI=1S/C22H34N4O4/c1-16(2)19(23-20(27)18-8-7-15-30-18)22(29)26-13-11-24(12-14-26)17(3)21(28)25-9-5-4-6-10-25/h7-8,15-17,19H,4-6,9-14H2,1-3H3,(H,23,27). The highest BCUT2D eigenvalue weighted by Crippen LogP contribution is 2.16. The molecule has 2 fully saturated rings. The normalized spacial score (nSPS) is 20.1. The van der Waals surface area contributed by atoms with E-state index in [9.17, 15) is 14.4 Å². The summed E-state index contributed by atoms with van der Waals surface area (Å²) in [6.07, 6.45) is 4.81. The molecule has 30 heavy (non-hydrogen) atoms. The molecule has 2 saturated heterocycles. The van der Waals surface area contributed by atoms with Crippen molar-refractivity contribution in [2.24, 2.45) is 5.92 Å². The van der Waals surface area contributed by atoms with Crippen molar-refractivity contribution >= 4 is 17.7 Å². The van der Waals surface area contributed by atoms with Crippen molar-refractivity contribution in [3.63, 3.8) is 0 Å². The van der Waals surface area contributed by atoms with Crippen molar-refractivity contribution in [2.75, 3.05) is 39.3 Å². The van der Waals surface area contributed by atoms with E-state index in [1.165, 1.54) is 12.7 Å². The zero-order chi connectivity index (χ0) is 21.7. The third kappa shape index (κ3) is 5.22. The van der Waals surface area contributed by atoms with Gasteiger partial charge in [0, 0.05) is 39.3 Å². The van der Waals surface area contributed by atoms with Gasteiger partial charge in [0.05, 0.1) is 12.3 Å². The Morgan fingerprint density at radius 2 is 1.53 bits per heavy atom. The van der Waals surface area contributed by atoms with E-state index < -0.39 is 6.04 Å². The quantitative estimate of drug-likeness (QED) is 0.758. The van der Waals surface area contributed by atoms with Crippen LogP contribution in [0.4, 0.5) is 0 Å². The molecule has 3 heterocycles. The van der Waals surface area contributed by atoms with E-state index in [0.717, 1.165) is 25.9 Å². The van der Waals surface area contributed by atoms with Crippen LogP contribution in [-0.4, -0.2) is 83.8 Å². The molecule has 2 aliphatic rings. The number of likely N-dealkylation sites (tertiary alicyclic amines) is 1. The number of nitrogens with zero attached hydrogens (tertiary/aromatic N) is 3. The fourth-order valence-electron chi connectivity index (χ4n) is 4.19. The molecule has 8 heteroatoms. The zero-order valence-corrected chi connectivity index (χ0v) is 18.3. The number of furan rings is 1. The van der Waals surface area contributed by atoms with Crippen molar-refractivity contribution in [2.45, 2.75) is 52.1 Å². The molecule has 8 nitrogen and oxygen atoms in total. The fourth-order valence-corrected chi connectivity index (χ4v) is 4.19. The Morgan fingerprint density at radius 3 is 2.10 bits per heavy atom. The average molecular weight is 419 g/mol. The van der Waals surface area contributed by atoms with Gasteiger partial charge in [-0.3, -0.25) is 19.3 Å². The van der Waals surface area contributed by atoms with Crippen LogP contribution in [0.3, 0.4) is 0 Å². The van der Waals surface area contributed by atoms with Crippen molar-refractivity contribution in [1.82, 2.24) is 20.0 Å². The van der Waals surface area contributed by atoms with Gasteiger partial charge in [0.2, 0.25) is 11.8 Å². The molecule has 1 aromatic heterocycles. The number of carbonyl (C=O) groups is 3. The lowest BCUT2D eigenvalue weighted by Gasteiger charge is -2.40. The van der Waals surface area contributed by atoms with Crippen molar-refractivity contribution < 1.29 is 18.8 Å². The molecule has 1 aromatic rings. The summed E-state index contributed by atoms with van der Waals surface area (Å²) in [5, 5.41) is 2.81. The highest BCUT2D eigenvalue weighted by atomic mass is 16.3. The lowest BCUT2D eigenvalue weighted by molar-refractivity contribution is -0.140.